The van der Waals surface area contributed by atoms with E-state index in [1.54, 1.807) is 26.0 Å². The van der Waals surface area contributed by atoms with Gasteiger partial charge in [0.1, 0.15) is 11.8 Å². The Kier molecular flexibility index (Phi) is 5.41. The quantitative estimate of drug-likeness (QED) is 0.825. The molecule has 0 radical (unpaired) electrons. The van der Waals surface area contributed by atoms with E-state index in [-0.39, 0.29) is 5.92 Å². The lowest BCUT2D eigenvalue weighted by Crippen LogP contribution is -2.49. The molecule has 0 saturated carbocycles. The largest absolute Gasteiger partial charge is 0.480 e. The Hall–Kier alpha value is -1.98. The number of furan rings is 1. The minimum absolute atomic E-state index is 0.177. The van der Waals surface area contributed by atoms with E-state index in [1.165, 1.54) is 11.2 Å². The van der Waals surface area contributed by atoms with Gasteiger partial charge < -0.3 is 19.7 Å². The number of nitrogens with zero attached hydrogens (tertiary/aromatic N) is 1. The second-order valence-electron chi connectivity index (χ2n) is 4.60. The van der Waals surface area contributed by atoms with Crippen molar-refractivity contribution in [3.63, 3.8) is 0 Å². The highest BCUT2D eigenvalue weighted by molar-refractivity contribution is 5.82. The summed E-state index contributed by atoms with van der Waals surface area (Å²) in [5.74, 6) is -0.547. The lowest BCUT2D eigenvalue weighted by molar-refractivity contribution is -0.140. The molecule has 0 spiro atoms. The van der Waals surface area contributed by atoms with Crippen LogP contribution in [0.4, 0.5) is 4.79 Å². The fourth-order valence-electron chi connectivity index (χ4n) is 1.66. The van der Waals surface area contributed by atoms with Crippen LogP contribution in [0.5, 0.6) is 0 Å². The predicted octanol–water partition coefficient (Wildman–Crippen LogP) is 1.92. The molecular weight excluding hydrogens is 248 g/mol. The lowest BCUT2D eigenvalue weighted by atomic mass is 10.1. The molecule has 0 aliphatic carbocycles. The molecule has 0 saturated heterocycles. The number of carbonyl (C=O) groups excluding carboxylic acids is 1. The molecule has 0 aliphatic heterocycles. The van der Waals surface area contributed by atoms with Gasteiger partial charge in [-0.2, -0.15) is 0 Å². The Bertz CT molecular complexity index is 414. The molecule has 1 heterocycles. The van der Waals surface area contributed by atoms with E-state index in [4.69, 9.17) is 9.52 Å². The molecule has 1 unspecified atom stereocenters. The Morgan fingerprint density at radius 3 is 2.58 bits per heavy atom. The van der Waals surface area contributed by atoms with Crippen LogP contribution in [0.1, 0.15) is 26.5 Å². The van der Waals surface area contributed by atoms with Gasteiger partial charge in [-0.15, -0.1) is 0 Å². The van der Waals surface area contributed by atoms with Gasteiger partial charge in [0.15, 0.2) is 0 Å². The van der Waals surface area contributed by atoms with Gasteiger partial charge in [-0.3, -0.25) is 0 Å². The summed E-state index contributed by atoms with van der Waals surface area (Å²) in [6, 6.07) is 2.22. The van der Waals surface area contributed by atoms with Gasteiger partial charge in [0.25, 0.3) is 0 Å². The molecule has 1 rings (SSSR count). The molecule has 1 aromatic rings. The average Bonchev–Trinajstić information content (AvgIpc) is 2.84. The van der Waals surface area contributed by atoms with Crippen molar-refractivity contribution in [2.75, 3.05) is 6.54 Å². The Morgan fingerprint density at radius 2 is 2.16 bits per heavy atom. The Labute approximate surface area is 112 Å². The Morgan fingerprint density at radius 1 is 1.47 bits per heavy atom. The van der Waals surface area contributed by atoms with Gasteiger partial charge in [0, 0.05) is 6.54 Å². The van der Waals surface area contributed by atoms with Crippen LogP contribution in [0, 0.1) is 5.92 Å². The zero-order chi connectivity index (χ0) is 14.4. The SMILES string of the molecule is CCN(Cc1ccco1)C(=O)NC(C(=O)O)C(C)C. The normalized spacial score (nSPS) is 12.2. The number of amides is 2. The maximum atomic E-state index is 12.0. The number of urea groups is 1. The van der Waals surface area contributed by atoms with E-state index < -0.39 is 18.0 Å². The van der Waals surface area contributed by atoms with Crippen LogP contribution in [0.25, 0.3) is 0 Å². The van der Waals surface area contributed by atoms with Crippen molar-refractivity contribution in [3.8, 4) is 0 Å². The van der Waals surface area contributed by atoms with Crippen LogP contribution in [-0.4, -0.2) is 34.6 Å². The highest BCUT2D eigenvalue weighted by atomic mass is 16.4. The minimum atomic E-state index is -1.03. The molecule has 0 aromatic carbocycles. The molecule has 0 fully saturated rings. The number of rotatable bonds is 6. The fraction of sp³-hybridized carbons (Fsp3) is 0.538. The lowest BCUT2D eigenvalue weighted by Gasteiger charge is -2.24. The van der Waals surface area contributed by atoms with Crippen molar-refractivity contribution in [1.29, 1.82) is 0 Å². The van der Waals surface area contributed by atoms with Crippen LogP contribution in [0.3, 0.4) is 0 Å². The molecule has 2 amide bonds. The van der Waals surface area contributed by atoms with Crippen molar-refractivity contribution < 1.29 is 19.1 Å². The summed E-state index contributed by atoms with van der Waals surface area (Å²) in [5, 5.41) is 11.6. The summed E-state index contributed by atoms with van der Waals surface area (Å²) in [6.45, 7) is 6.12. The number of carboxylic acid groups (broad SMARTS) is 1. The van der Waals surface area contributed by atoms with Gasteiger partial charge in [-0.1, -0.05) is 13.8 Å². The second-order valence-corrected chi connectivity index (χ2v) is 4.60. The molecule has 6 nitrogen and oxygen atoms in total. The van der Waals surface area contributed by atoms with Crippen LogP contribution >= 0.6 is 0 Å². The first-order chi connectivity index (χ1) is 8.95. The smallest absolute Gasteiger partial charge is 0.326 e. The molecule has 6 heteroatoms. The molecule has 1 atom stereocenters. The number of carboxylic acids is 1. The first kappa shape index (κ1) is 15.1. The summed E-state index contributed by atoms with van der Waals surface area (Å²) in [6.07, 6.45) is 1.54. The molecule has 0 bridgehead atoms. The molecule has 19 heavy (non-hydrogen) atoms. The van der Waals surface area contributed by atoms with Crippen molar-refractivity contribution in [2.45, 2.75) is 33.4 Å². The second kappa shape index (κ2) is 6.82. The van der Waals surface area contributed by atoms with Crippen molar-refractivity contribution in [1.82, 2.24) is 10.2 Å². The van der Waals surface area contributed by atoms with Crippen LogP contribution in [0.15, 0.2) is 22.8 Å². The van der Waals surface area contributed by atoms with Crippen molar-refractivity contribution in [2.24, 2.45) is 5.92 Å². The van der Waals surface area contributed by atoms with Gasteiger partial charge >= 0.3 is 12.0 Å². The summed E-state index contributed by atoms with van der Waals surface area (Å²) in [5.41, 5.74) is 0. The van der Waals surface area contributed by atoms with E-state index in [2.05, 4.69) is 5.32 Å². The zero-order valence-corrected chi connectivity index (χ0v) is 11.4. The topological polar surface area (TPSA) is 82.8 Å². The van der Waals surface area contributed by atoms with E-state index >= 15 is 0 Å². The third-order valence-electron chi connectivity index (χ3n) is 2.81. The summed E-state index contributed by atoms with van der Waals surface area (Å²) >= 11 is 0. The fourth-order valence-corrected chi connectivity index (χ4v) is 1.66. The minimum Gasteiger partial charge on any atom is -0.480 e. The molecular formula is C13H20N2O4. The standard InChI is InChI=1S/C13H20N2O4/c1-4-15(8-10-6-5-7-19-10)13(18)14-11(9(2)3)12(16)17/h5-7,9,11H,4,8H2,1-3H3,(H,14,18)(H,16,17). The number of nitrogens with one attached hydrogen (secondary N) is 1. The molecule has 2 N–H and O–H groups in total. The molecule has 0 aliphatic rings. The molecule has 106 valence electrons. The van der Waals surface area contributed by atoms with Crippen LogP contribution < -0.4 is 5.32 Å². The van der Waals surface area contributed by atoms with Gasteiger partial charge in [-0.25, -0.2) is 9.59 Å². The van der Waals surface area contributed by atoms with E-state index in [1.807, 2.05) is 6.92 Å². The predicted molar refractivity (Wildman–Crippen MR) is 69.6 cm³/mol. The summed E-state index contributed by atoms with van der Waals surface area (Å²) in [4.78, 5) is 24.6. The van der Waals surface area contributed by atoms with E-state index in [0.717, 1.165) is 0 Å². The first-order valence-corrected chi connectivity index (χ1v) is 6.26. The summed E-state index contributed by atoms with van der Waals surface area (Å²) < 4.78 is 5.18. The Balaban J connectivity index is 2.65. The monoisotopic (exact) mass is 268 g/mol. The van der Waals surface area contributed by atoms with Crippen molar-refractivity contribution in [3.05, 3.63) is 24.2 Å². The maximum absolute atomic E-state index is 12.0. The highest BCUT2D eigenvalue weighted by Crippen LogP contribution is 2.07. The van der Waals surface area contributed by atoms with Gasteiger partial charge in [0.2, 0.25) is 0 Å². The number of hydrogen-bond donors (Lipinski definition) is 2. The summed E-state index contributed by atoms with van der Waals surface area (Å²) in [7, 11) is 0. The van der Waals surface area contributed by atoms with E-state index in [9.17, 15) is 9.59 Å². The highest BCUT2D eigenvalue weighted by Gasteiger charge is 2.25. The number of hydrogen-bond acceptors (Lipinski definition) is 3. The van der Waals surface area contributed by atoms with Crippen LogP contribution in [-0.2, 0) is 11.3 Å². The third kappa shape index (κ3) is 4.31. The maximum Gasteiger partial charge on any atom is 0.326 e. The zero-order valence-electron chi connectivity index (χ0n) is 11.4. The van der Waals surface area contributed by atoms with E-state index in [0.29, 0.717) is 18.8 Å². The number of aliphatic carboxylic acids is 1. The van der Waals surface area contributed by atoms with Crippen LogP contribution in [0.2, 0.25) is 0 Å². The van der Waals surface area contributed by atoms with Gasteiger partial charge in [-0.05, 0) is 25.0 Å². The first-order valence-electron chi connectivity index (χ1n) is 6.26. The average molecular weight is 268 g/mol. The van der Waals surface area contributed by atoms with Crippen molar-refractivity contribution >= 4 is 12.0 Å². The number of carbonyl (C=O) groups is 2. The molecule has 1 aromatic heterocycles. The third-order valence-corrected chi connectivity index (χ3v) is 2.81. The van der Waals surface area contributed by atoms with Gasteiger partial charge in [0.05, 0.1) is 12.8 Å².